The largest absolute Gasteiger partial charge is 0.507 e. The average molecular weight is 340 g/mol. The second-order valence-electron chi connectivity index (χ2n) is 6.12. The molecule has 1 aliphatic heterocycles. The Morgan fingerprint density at radius 2 is 1.32 bits per heavy atom. The van der Waals surface area contributed by atoms with Crippen LogP contribution in [-0.2, 0) is 0 Å². The van der Waals surface area contributed by atoms with Crippen molar-refractivity contribution in [1.29, 1.82) is 0 Å². The highest BCUT2D eigenvalue weighted by Crippen LogP contribution is 2.22. The molecule has 1 aliphatic rings. The van der Waals surface area contributed by atoms with Crippen molar-refractivity contribution in [3.63, 3.8) is 0 Å². The first-order chi connectivity index (χ1) is 12.0. The zero-order valence-electron chi connectivity index (χ0n) is 14.0. The van der Waals surface area contributed by atoms with Crippen molar-refractivity contribution in [1.82, 2.24) is 9.80 Å². The lowest BCUT2D eigenvalue weighted by molar-refractivity contribution is 0.0532. The Hall–Kier alpha value is -3.02. The van der Waals surface area contributed by atoms with E-state index in [1.54, 1.807) is 46.2 Å². The molecule has 0 unspecified atom stereocenters. The summed E-state index contributed by atoms with van der Waals surface area (Å²) in [5.41, 5.74) is 1.41. The Kier molecular flexibility index (Phi) is 4.61. The van der Waals surface area contributed by atoms with Crippen LogP contribution in [0.4, 0.5) is 0 Å². The van der Waals surface area contributed by atoms with E-state index in [1.807, 2.05) is 6.92 Å². The first-order valence-corrected chi connectivity index (χ1v) is 8.13. The topological polar surface area (TPSA) is 81.1 Å². The molecule has 2 N–H and O–H groups in total. The van der Waals surface area contributed by atoms with Gasteiger partial charge >= 0.3 is 0 Å². The summed E-state index contributed by atoms with van der Waals surface area (Å²) in [5, 5.41) is 19.8. The smallest absolute Gasteiger partial charge is 0.257 e. The van der Waals surface area contributed by atoms with Gasteiger partial charge in [0, 0.05) is 26.2 Å². The Labute approximate surface area is 145 Å². The molecule has 0 aliphatic carbocycles. The summed E-state index contributed by atoms with van der Waals surface area (Å²) in [6, 6.07) is 11.4. The summed E-state index contributed by atoms with van der Waals surface area (Å²) >= 11 is 0. The number of aryl methyl sites for hydroxylation is 1. The van der Waals surface area contributed by atoms with E-state index < -0.39 is 0 Å². The van der Waals surface area contributed by atoms with Crippen molar-refractivity contribution < 1.29 is 19.8 Å². The van der Waals surface area contributed by atoms with Crippen LogP contribution in [0, 0.1) is 6.92 Å². The van der Waals surface area contributed by atoms with Gasteiger partial charge in [-0.25, -0.2) is 0 Å². The molecule has 3 rings (SSSR count). The SMILES string of the molecule is Cc1ccc(C(=O)N2CCN(C(=O)c3ccccc3O)CC2)c(O)c1. The molecule has 2 aromatic carbocycles. The number of phenolic OH excluding ortho intramolecular Hbond substituents is 2. The van der Waals surface area contributed by atoms with Crippen LogP contribution in [-0.4, -0.2) is 58.0 Å². The van der Waals surface area contributed by atoms with E-state index >= 15 is 0 Å². The molecular formula is C19H20N2O4. The maximum atomic E-state index is 12.6. The first-order valence-electron chi connectivity index (χ1n) is 8.13. The van der Waals surface area contributed by atoms with Gasteiger partial charge < -0.3 is 20.0 Å². The fourth-order valence-corrected chi connectivity index (χ4v) is 2.93. The molecule has 2 aromatic rings. The molecule has 1 heterocycles. The number of carbonyl (C=O) groups excluding carboxylic acids is 2. The number of para-hydroxylation sites is 1. The lowest BCUT2D eigenvalue weighted by Crippen LogP contribution is -2.50. The van der Waals surface area contributed by atoms with E-state index in [-0.39, 0.29) is 34.4 Å². The maximum absolute atomic E-state index is 12.6. The molecule has 0 bridgehead atoms. The zero-order chi connectivity index (χ0) is 18.0. The van der Waals surface area contributed by atoms with E-state index in [0.717, 1.165) is 5.56 Å². The van der Waals surface area contributed by atoms with Gasteiger partial charge in [-0.15, -0.1) is 0 Å². The van der Waals surface area contributed by atoms with Crippen LogP contribution < -0.4 is 0 Å². The molecule has 6 heteroatoms. The maximum Gasteiger partial charge on any atom is 0.257 e. The van der Waals surface area contributed by atoms with Gasteiger partial charge in [-0.1, -0.05) is 18.2 Å². The van der Waals surface area contributed by atoms with Gasteiger partial charge in [0.2, 0.25) is 0 Å². The second-order valence-corrected chi connectivity index (χ2v) is 6.12. The van der Waals surface area contributed by atoms with E-state index in [2.05, 4.69) is 0 Å². The molecule has 1 fully saturated rings. The molecule has 0 saturated carbocycles. The Morgan fingerprint density at radius 3 is 1.84 bits per heavy atom. The summed E-state index contributed by atoms with van der Waals surface area (Å²) in [7, 11) is 0. The van der Waals surface area contributed by atoms with Crippen molar-refractivity contribution >= 4 is 11.8 Å². The molecule has 0 atom stereocenters. The molecule has 25 heavy (non-hydrogen) atoms. The van der Waals surface area contributed by atoms with Gasteiger partial charge in [0.05, 0.1) is 11.1 Å². The average Bonchev–Trinajstić information content (AvgIpc) is 2.61. The molecule has 6 nitrogen and oxygen atoms in total. The van der Waals surface area contributed by atoms with Crippen LogP contribution >= 0.6 is 0 Å². The highest BCUT2D eigenvalue weighted by molar-refractivity contribution is 5.98. The van der Waals surface area contributed by atoms with E-state index in [0.29, 0.717) is 26.2 Å². The summed E-state index contributed by atoms with van der Waals surface area (Å²) in [6.07, 6.45) is 0. The van der Waals surface area contributed by atoms with E-state index in [1.165, 1.54) is 6.07 Å². The molecule has 2 amide bonds. The van der Waals surface area contributed by atoms with Crippen molar-refractivity contribution in [2.75, 3.05) is 26.2 Å². The van der Waals surface area contributed by atoms with Crippen LogP contribution in [0.1, 0.15) is 26.3 Å². The lowest BCUT2D eigenvalue weighted by Gasteiger charge is -2.35. The highest BCUT2D eigenvalue weighted by Gasteiger charge is 2.27. The first kappa shape index (κ1) is 16.8. The van der Waals surface area contributed by atoms with Crippen LogP contribution in [0.2, 0.25) is 0 Å². The van der Waals surface area contributed by atoms with Crippen LogP contribution in [0.25, 0.3) is 0 Å². The fourth-order valence-electron chi connectivity index (χ4n) is 2.93. The number of benzene rings is 2. The number of aromatic hydroxyl groups is 2. The zero-order valence-corrected chi connectivity index (χ0v) is 14.0. The van der Waals surface area contributed by atoms with Crippen LogP contribution in [0.5, 0.6) is 11.5 Å². The van der Waals surface area contributed by atoms with E-state index in [9.17, 15) is 19.8 Å². The molecular weight excluding hydrogens is 320 g/mol. The minimum atomic E-state index is -0.247. The Balaban J connectivity index is 1.66. The number of nitrogens with zero attached hydrogens (tertiary/aromatic N) is 2. The predicted octanol–water partition coefficient (Wildman–Crippen LogP) is 2.00. The van der Waals surface area contributed by atoms with E-state index in [4.69, 9.17) is 0 Å². The quantitative estimate of drug-likeness (QED) is 0.876. The highest BCUT2D eigenvalue weighted by atomic mass is 16.3. The van der Waals surface area contributed by atoms with Crippen molar-refractivity contribution in [2.24, 2.45) is 0 Å². The third-order valence-corrected chi connectivity index (χ3v) is 4.37. The monoisotopic (exact) mass is 340 g/mol. The number of phenols is 2. The van der Waals surface area contributed by atoms with Crippen molar-refractivity contribution in [2.45, 2.75) is 6.92 Å². The minimum Gasteiger partial charge on any atom is -0.507 e. The predicted molar refractivity (Wildman–Crippen MR) is 92.8 cm³/mol. The number of hydrogen-bond donors (Lipinski definition) is 2. The summed E-state index contributed by atoms with van der Waals surface area (Å²) in [4.78, 5) is 28.3. The van der Waals surface area contributed by atoms with Crippen molar-refractivity contribution in [3.05, 3.63) is 59.2 Å². The van der Waals surface area contributed by atoms with Gasteiger partial charge in [-0.3, -0.25) is 9.59 Å². The van der Waals surface area contributed by atoms with Gasteiger partial charge in [0.1, 0.15) is 11.5 Å². The second kappa shape index (κ2) is 6.84. The fraction of sp³-hybridized carbons (Fsp3) is 0.263. The Morgan fingerprint density at radius 1 is 0.800 bits per heavy atom. The Bertz CT molecular complexity index is 811. The van der Waals surface area contributed by atoms with Gasteiger partial charge in [0.25, 0.3) is 11.8 Å². The normalized spacial score (nSPS) is 14.4. The molecule has 0 spiro atoms. The van der Waals surface area contributed by atoms with Crippen LogP contribution in [0.15, 0.2) is 42.5 Å². The van der Waals surface area contributed by atoms with Gasteiger partial charge in [-0.05, 0) is 36.8 Å². The summed E-state index contributed by atoms with van der Waals surface area (Å²) in [6.45, 7) is 3.37. The number of carbonyl (C=O) groups is 2. The summed E-state index contributed by atoms with van der Waals surface area (Å²) < 4.78 is 0. The third kappa shape index (κ3) is 3.42. The van der Waals surface area contributed by atoms with Crippen LogP contribution in [0.3, 0.4) is 0 Å². The van der Waals surface area contributed by atoms with Gasteiger partial charge in [-0.2, -0.15) is 0 Å². The number of piperazine rings is 1. The summed E-state index contributed by atoms with van der Waals surface area (Å²) in [5.74, 6) is -0.566. The molecule has 130 valence electrons. The van der Waals surface area contributed by atoms with Crippen molar-refractivity contribution in [3.8, 4) is 11.5 Å². The molecule has 0 aromatic heterocycles. The lowest BCUT2D eigenvalue weighted by atomic mass is 10.1. The number of rotatable bonds is 2. The number of amides is 2. The molecule has 0 radical (unpaired) electrons. The standard InChI is InChI=1S/C19H20N2O4/c1-13-6-7-15(17(23)12-13)19(25)21-10-8-20(9-11-21)18(24)14-4-2-3-5-16(14)22/h2-7,12,22-23H,8-11H2,1H3. The van der Waals surface area contributed by atoms with Gasteiger partial charge in [0.15, 0.2) is 0 Å². The molecule has 1 saturated heterocycles. The third-order valence-electron chi connectivity index (χ3n) is 4.37. The number of hydrogen-bond acceptors (Lipinski definition) is 4. The minimum absolute atomic E-state index is 0.0299.